The minimum atomic E-state index is -0.943. The third kappa shape index (κ3) is 4.47. The SMILES string of the molecule is CC1CN(c2ccc(C(=O)Nc3nc(-c4ccc(F)c(F)c4)cs3)cn2)CC(C)O1. The van der Waals surface area contributed by atoms with Crippen LogP contribution in [0.2, 0.25) is 0 Å². The quantitative estimate of drug-likeness (QED) is 0.667. The molecule has 0 saturated carbocycles. The molecular formula is C21H20F2N4O2S. The van der Waals surface area contributed by atoms with Crippen molar-refractivity contribution in [3.8, 4) is 11.3 Å². The van der Waals surface area contributed by atoms with E-state index in [2.05, 4.69) is 20.2 Å². The van der Waals surface area contributed by atoms with Gasteiger partial charge in [0.05, 0.1) is 23.5 Å². The molecule has 1 amide bonds. The molecule has 1 N–H and O–H groups in total. The second-order valence-corrected chi connectivity index (χ2v) is 8.05. The highest BCUT2D eigenvalue weighted by atomic mass is 32.1. The topological polar surface area (TPSA) is 67.4 Å². The van der Waals surface area contributed by atoms with E-state index >= 15 is 0 Å². The van der Waals surface area contributed by atoms with Crippen molar-refractivity contribution in [1.29, 1.82) is 0 Å². The van der Waals surface area contributed by atoms with Gasteiger partial charge in [0.15, 0.2) is 16.8 Å². The Kier molecular flexibility index (Phi) is 5.74. The maximum absolute atomic E-state index is 13.4. The van der Waals surface area contributed by atoms with Crippen molar-refractivity contribution in [1.82, 2.24) is 9.97 Å². The summed E-state index contributed by atoms with van der Waals surface area (Å²) >= 11 is 1.20. The van der Waals surface area contributed by atoms with Crippen molar-refractivity contribution in [3.05, 3.63) is 59.1 Å². The van der Waals surface area contributed by atoms with Gasteiger partial charge in [-0.1, -0.05) is 0 Å². The smallest absolute Gasteiger partial charge is 0.259 e. The number of aromatic nitrogens is 2. The molecular weight excluding hydrogens is 410 g/mol. The standard InChI is InChI=1S/C21H20F2N4O2S/c1-12-9-27(10-13(2)29-12)19-6-4-15(8-24-19)20(28)26-21-25-18(11-30-21)14-3-5-16(22)17(23)7-14/h3-8,11-13H,9-10H2,1-2H3,(H,25,26,28). The van der Waals surface area contributed by atoms with Crippen LogP contribution in [0.5, 0.6) is 0 Å². The van der Waals surface area contributed by atoms with Crippen LogP contribution in [-0.4, -0.2) is 41.2 Å². The lowest BCUT2D eigenvalue weighted by Gasteiger charge is -2.36. The summed E-state index contributed by atoms with van der Waals surface area (Å²) in [7, 11) is 0. The van der Waals surface area contributed by atoms with Crippen LogP contribution in [0.1, 0.15) is 24.2 Å². The number of amides is 1. The van der Waals surface area contributed by atoms with Gasteiger partial charge in [0, 0.05) is 30.2 Å². The number of anilines is 2. The third-order valence-electron chi connectivity index (χ3n) is 4.69. The summed E-state index contributed by atoms with van der Waals surface area (Å²) in [6.45, 7) is 5.53. The first-order valence-electron chi connectivity index (χ1n) is 9.48. The number of nitrogens with zero attached hydrogens (tertiary/aromatic N) is 3. The fourth-order valence-electron chi connectivity index (χ4n) is 3.36. The maximum atomic E-state index is 13.4. The minimum Gasteiger partial charge on any atom is -0.372 e. The van der Waals surface area contributed by atoms with Crippen LogP contribution in [0.4, 0.5) is 19.7 Å². The fraction of sp³-hybridized carbons (Fsp3) is 0.286. The van der Waals surface area contributed by atoms with E-state index in [0.717, 1.165) is 31.0 Å². The Balaban J connectivity index is 1.43. The molecule has 1 fully saturated rings. The highest BCUT2D eigenvalue weighted by Crippen LogP contribution is 2.26. The Hall–Kier alpha value is -2.91. The number of pyridine rings is 1. The molecule has 1 saturated heterocycles. The van der Waals surface area contributed by atoms with E-state index in [9.17, 15) is 13.6 Å². The number of ether oxygens (including phenoxy) is 1. The normalized spacial score (nSPS) is 19.0. The van der Waals surface area contributed by atoms with Crippen LogP contribution in [0.3, 0.4) is 0 Å². The monoisotopic (exact) mass is 430 g/mol. The Morgan fingerprint density at radius 2 is 1.93 bits per heavy atom. The largest absolute Gasteiger partial charge is 0.372 e. The van der Waals surface area contributed by atoms with Crippen LogP contribution in [-0.2, 0) is 4.74 Å². The molecule has 3 heterocycles. The van der Waals surface area contributed by atoms with Crippen LogP contribution in [0.15, 0.2) is 41.9 Å². The number of morpholine rings is 1. The zero-order valence-electron chi connectivity index (χ0n) is 16.4. The number of rotatable bonds is 4. The molecule has 156 valence electrons. The number of thiazole rings is 1. The van der Waals surface area contributed by atoms with Gasteiger partial charge >= 0.3 is 0 Å². The second-order valence-electron chi connectivity index (χ2n) is 7.19. The van der Waals surface area contributed by atoms with Crippen LogP contribution >= 0.6 is 11.3 Å². The van der Waals surface area contributed by atoms with E-state index in [1.807, 2.05) is 19.9 Å². The molecule has 1 aliphatic heterocycles. The van der Waals surface area contributed by atoms with Crippen LogP contribution in [0, 0.1) is 11.6 Å². The molecule has 0 spiro atoms. The lowest BCUT2D eigenvalue weighted by Crippen LogP contribution is -2.45. The first kappa shape index (κ1) is 20.4. The molecule has 1 aliphatic rings. The van der Waals surface area contributed by atoms with Crippen molar-refractivity contribution in [2.45, 2.75) is 26.1 Å². The van der Waals surface area contributed by atoms with Crippen LogP contribution < -0.4 is 10.2 Å². The van der Waals surface area contributed by atoms with Gasteiger partial charge in [0.2, 0.25) is 0 Å². The minimum absolute atomic E-state index is 0.118. The molecule has 30 heavy (non-hydrogen) atoms. The van der Waals surface area contributed by atoms with E-state index in [1.54, 1.807) is 11.4 Å². The van der Waals surface area contributed by atoms with Crippen molar-refractivity contribution in [3.63, 3.8) is 0 Å². The van der Waals surface area contributed by atoms with Gasteiger partial charge in [-0.2, -0.15) is 0 Å². The van der Waals surface area contributed by atoms with E-state index in [4.69, 9.17) is 4.74 Å². The van der Waals surface area contributed by atoms with Gasteiger partial charge in [0.25, 0.3) is 5.91 Å². The average Bonchev–Trinajstić information content (AvgIpc) is 3.18. The summed E-state index contributed by atoms with van der Waals surface area (Å²) in [5.41, 5.74) is 1.29. The third-order valence-corrected chi connectivity index (χ3v) is 5.45. The number of hydrogen-bond donors (Lipinski definition) is 1. The van der Waals surface area contributed by atoms with Crippen LogP contribution in [0.25, 0.3) is 11.3 Å². The molecule has 2 aromatic heterocycles. The predicted octanol–water partition coefficient (Wildman–Crippen LogP) is 4.35. The Morgan fingerprint density at radius 3 is 2.60 bits per heavy atom. The van der Waals surface area contributed by atoms with Gasteiger partial charge in [0.1, 0.15) is 5.82 Å². The molecule has 0 aliphatic carbocycles. The van der Waals surface area contributed by atoms with E-state index in [0.29, 0.717) is 22.0 Å². The molecule has 3 aromatic rings. The van der Waals surface area contributed by atoms with Gasteiger partial charge in [-0.3, -0.25) is 10.1 Å². The highest BCUT2D eigenvalue weighted by molar-refractivity contribution is 7.14. The Labute approximate surface area is 176 Å². The van der Waals surface area contributed by atoms with Gasteiger partial charge in [-0.15, -0.1) is 11.3 Å². The summed E-state index contributed by atoms with van der Waals surface area (Å²) in [5, 5.41) is 4.75. The number of nitrogens with one attached hydrogen (secondary N) is 1. The van der Waals surface area contributed by atoms with Crippen molar-refractivity contribution in [2.24, 2.45) is 0 Å². The number of benzene rings is 1. The summed E-state index contributed by atoms with van der Waals surface area (Å²) in [5.74, 6) is -1.41. The molecule has 6 nitrogen and oxygen atoms in total. The van der Waals surface area contributed by atoms with Gasteiger partial charge < -0.3 is 9.64 Å². The summed E-state index contributed by atoms with van der Waals surface area (Å²) in [6, 6.07) is 7.09. The second kappa shape index (κ2) is 8.45. The van der Waals surface area contributed by atoms with Crippen molar-refractivity contribution in [2.75, 3.05) is 23.3 Å². The Morgan fingerprint density at radius 1 is 1.17 bits per heavy atom. The maximum Gasteiger partial charge on any atom is 0.259 e. The van der Waals surface area contributed by atoms with Gasteiger partial charge in [-0.25, -0.2) is 18.7 Å². The highest BCUT2D eigenvalue weighted by Gasteiger charge is 2.23. The summed E-state index contributed by atoms with van der Waals surface area (Å²) < 4.78 is 32.3. The zero-order valence-corrected chi connectivity index (χ0v) is 17.2. The molecule has 9 heteroatoms. The number of hydrogen-bond acceptors (Lipinski definition) is 6. The van der Waals surface area contributed by atoms with E-state index < -0.39 is 11.6 Å². The molecule has 0 bridgehead atoms. The predicted molar refractivity (Wildman–Crippen MR) is 112 cm³/mol. The van der Waals surface area contributed by atoms with Gasteiger partial charge in [-0.05, 0) is 44.2 Å². The molecule has 4 rings (SSSR count). The fourth-order valence-corrected chi connectivity index (χ4v) is 4.08. The van der Waals surface area contributed by atoms with Crippen molar-refractivity contribution < 1.29 is 18.3 Å². The molecule has 2 atom stereocenters. The molecule has 2 unspecified atom stereocenters. The molecule has 1 aromatic carbocycles. The van der Waals surface area contributed by atoms with Crippen molar-refractivity contribution >= 4 is 28.2 Å². The number of carbonyl (C=O) groups is 1. The molecule has 0 radical (unpaired) electrons. The van der Waals surface area contributed by atoms with E-state index in [1.165, 1.54) is 23.6 Å². The summed E-state index contributed by atoms with van der Waals surface area (Å²) in [4.78, 5) is 23.4. The zero-order chi connectivity index (χ0) is 21.3. The first-order chi connectivity index (χ1) is 14.4. The summed E-state index contributed by atoms with van der Waals surface area (Å²) in [6.07, 6.45) is 1.76. The lowest BCUT2D eigenvalue weighted by molar-refractivity contribution is -0.00546. The first-order valence-corrected chi connectivity index (χ1v) is 10.4. The lowest BCUT2D eigenvalue weighted by atomic mass is 10.2. The Bertz CT molecular complexity index is 1050. The average molecular weight is 430 g/mol. The van der Waals surface area contributed by atoms with E-state index in [-0.39, 0.29) is 18.1 Å². The number of carbonyl (C=O) groups excluding carboxylic acids is 1. The number of halogens is 2.